The molecule has 4 rings (SSSR count). The van der Waals surface area contributed by atoms with E-state index in [9.17, 15) is 4.79 Å². The third kappa shape index (κ3) is 4.63. The highest BCUT2D eigenvalue weighted by atomic mass is 16.1. The van der Waals surface area contributed by atoms with Crippen molar-refractivity contribution in [2.24, 2.45) is 0 Å². The van der Waals surface area contributed by atoms with Crippen molar-refractivity contribution in [2.45, 2.75) is 25.9 Å². The van der Waals surface area contributed by atoms with E-state index in [1.165, 1.54) is 11.9 Å². The zero-order valence-electron chi connectivity index (χ0n) is 16.8. The zero-order chi connectivity index (χ0) is 20.8. The maximum absolute atomic E-state index is 12.5. The Morgan fingerprint density at radius 1 is 1.00 bits per heavy atom. The summed E-state index contributed by atoms with van der Waals surface area (Å²) in [6, 6.07) is 20.2. The first-order valence-corrected chi connectivity index (χ1v) is 9.96. The Kier molecular flexibility index (Phi) is 5.98. The molecule has 4 aromatic rings. The topological polar surface area (TPSA) is 84.7 Å². The van der Waals surface area contributed by atoms with Crippen LogP contribution in [0.15, 0.2) is 73.3 Å². The summed E-state index contributed by atoms with van der Waals surface area (Å²) < 4.78 is 1.74. The van der Waals surface area contributed by atoms with Crippen LogP contribution in [-0.2, 0) is 17.9 Å². The van der Waals surface area contributed by atoms with E-state index in [1.54, 1.807) is 10.9 Å². The molecule has 1 atom stereocenters. The van der Waals surface area contributed by atoms with Gasteiger partial charge in [0.05, 0.1) is 6.33 Å². The van der Waals surface area contributed by atoms with Gasteiger partial charge in [-0.3, -0.25) is 4.79 Å². The van der Waals surface area contributed by atoms with Gasteiger partial charge in [-0.05, 0) is 17.0 Å². The second-order valence-electron chi connectivity index (χ2n) is 7.22. The Morgan fingerprint density at radius 3 is 2.50 bits per heavy atom. The molecule has 0 aliphatic carbocycles. The lowest BCUT2D eigenvalue weighted by Gasteiger charge is -2.13. The van der Waals surface area contributed by atoms with Crippen LogP contribution in [0.4, 0.5) is 5.82 Å². The Balaban J connectivity index is 1.39. The van der Waals surface area contributed by atoms with Gasteiger partial charge >= 0.3 is 0 Å². The average molecular weight is 400 g/mol. The van der Waals surface area contributed by atoms with E-state index in [1.807, 2.05) is 48.5 Å². The second-order valence-corrected chi connectivity index (χ2v) is 7.22. The van der Waals surface area contributed by atoms with Gasteiger partial charge in [0.1, 0.15) is 18.4 Å². The van der Waals surface area contributed by atoms with E-state index in [4.69, 9.17) is 0 Å². The van der Waals surface area contributed by atoms with Crippen molar-refractivity contribution in [3.8, 4) is 0 Å². The number of nitrogens with one attached hydrogen (secondary N) is 2. The van der Waals surface area contributed by atoms with Crippen molar-refractivity contribution < 1.29 is 4.79 Å². The van der Waals surface area contributed by atoms with E-state index >= 15 is 0 Å². The minimum atomic E-state index is -0.0745. The van der Waals surface area contributed by atoms with Crippen LogP contribution in [0.5, 0.6) is 0 Å². The first-order valence-electron chi connectivity index (χ1n) is 9.96. The maximum Gasteiger partial charge on any atom is 0.240 e. The molecule has 0 aliphatic rings. The van der Waals surface area contributed by atoms with Crippen LogP contribution < -0.4 is 10.6 Å². The van der Waals surface area contributed by atoms with Crippen molar-refractivity contribution in [3.63, 3.8) is 0 Å². The average Bonchev–Trinajstić information content (AvgIpc) is 3.20. The van der Waals surface area contributed by atoms with Crippen LogP contribution in [0.2, 0.25) is 0 Å². The molecule has 30 heavy (non-hydrogen) atoms. The van der Waals surface area contributed by atoms with E-state index in [-0.39, 0.29) is 18.4 Å². The van der Waals surface area contributed by atoms with Crippen molar-refractivity contribution in [1.82, 2.24) is 24.8 Å². The summed E-state index contributed by atoms with van der Waals surface area (Å²) in [5.41, 5.74) is 3.63. The van der Waals surface area contributed by atoms with Crippen molar-refractivity contribution in [2.75, 3.05) is 11.9 Å². The number of carbonyl (C=O) groups excluding carboxylic acids is 1. The molecule has 2 aromatic heterocycles. The highest BCUT2D eigenvalue weighted by molar-refractivity contribution is 5.84. The number of carbonyl (C=O) groups is 1. The van der Waals surface area contributed by atoms with Gasteiger partial charge in [0.15, 0.2) is 11.5 Å². The predicted octanol–water partition coefficient (Wildman–Crippen LogP) is 3.36. The van der Waals surface area contributed by atoms with E-state index in [0.29, 0.717) is 30.1 Å². The van der Waals surface area contributed by atoms with E-state index in [0.717, 1.165) is 5.56 Å². The lowest BCUT2D eigenvalue weighted by Crippen LogP contribution is -2.30. The molecule has 2 N–H and O–H groups in total. The SMILES string of the molecule is CC(CNC(=O)Cn1cnc2c(NCc3ccccc3)ncnc21)c1ccccc1. The molecule has 0 saturated carbocycles. The number of benzene rings is 2. The Hall–Kier alpha value is -3.74. The molecule has 7 nitrogen and oxygen atoms in total. The summed E-state index contributed by atoms with van der Waals surface area (Å²) in [5.74, 6) is 0.820. The molecule has 2 aromatic carbocycles. The number of nitrogens with zero attached hydrogens (tertiary/aromatic N) is 4. The van der Waals surface area contributed by atoms with Crippen LogP contribution in [-0.4, -0.2) is 32.0 Å². The fourth-order valence-electron chi connectivity index (χ4n) is 3.28. The second kappa shape index (κ2) is 9.17. The monoisotopic (exact) mass is 400 g/mol. The summed E-state index contributed by atoms with van der Waals surface area (Å²) in [5, 5.41) is 6.30. The molecule has 1 amide bonds. The van der Waals surface area contributed by atoms with Crippen molar-refractivity contribution in [1.29, 1.82) is 0 Å². The van der Waals surface area contributed by atoms with Crippen LogP contribution >= 0.6 is 0 Å². The maximum atomic E-state index is 12.5. The lowest BCUT2D eigenvalue weighted by atomic mass is 10.0. The third-order valence-corrected chi connectivity index (χ3v) is 4.99. The molecule has 0 bridgehead atoms. The molecular weight excluding hydrogens is 376 g/mol. The largest absolute Gasteiger partial charge is 0.364 e. The van der Waals surface area contributed by atoms with Gasteiger partial charge in [-0.15, -0.1) is 0 Å². The molecule has 0 aliphatic heterocycles. The standard InChI is InChI=1S/C23H24N6O/c1-17(19-10-6-3-7-11-19)12-24-20(30)14-29-16-28-21-22(26-15-27-23(21)29)25-13-18-8-4-2-5-9-18/h2-11,15-17H,12-14H2,1H3,(H,24,30)(H,25,26,27). The molecule has 0 radical (unpaired) electrons. The van der Waals surface area contributed by atoms with Crippen molar-refractivity contribution in [3.05, 3.63) is 84.4 Å². The number of hydrogen-bond acceptors (Lipinski definition) is 5. The molecule has 0 saturated heterocycles. The fraction of sp³-hybridized carbons (Fsp3) is 0.217. The van der Waals surface area contributed by atoms with Gasteiger partial charge in [-0.25, -0.2) is 15.0 Å². The highest BCUT2D eigenvalue weighted by Gasteiger charge is 2.13. The molecule has 7 heteroatoms. The molecule has 2 heterocycles. The number of hydrogen-bond donors (Lipinski definition) is 2. The normalized spacial score (nSPS) is 11.9. The van der Waals surface area contributed by atoms with Gasteiger partial charge in [0.25, 0.3) is 0 Å². The molecular formula is C23H24N6O. The molecule has 0 spiro atoms. The predicted molar refractivity (Wildman–Crippen MR) is 117 cm³/mol. The number of aromatic nitrogens is 4. The third-order valence-electron chi connectivity index (χ3n) is 4.99. The number of amides is 1. The van der Waals surface area contributed by atoms with Crippen molar-refractivity contribution >= 4 is 22.9 Å². The Bertz CT molecular complexity index is 1110. The molecule has 1 unspecified atom stereocenters. The summed E-state index contributed by atoms with van der Waals surface area (Å²) >= 11 is 0. The summed E-state index contributed by atoms with van der Waals surface area (Å²) in [4.78, 5) is 25.5. The van der Waals surface area contributed by atoms with E-state index < -0.39 is 0 Å². The van der Waals surface area contributed by atoms with Crippen LogP contribution in [0.25, 0.3) is 11.2 Å². The first kappa shape index (κ1) is 19.6. The minimum absolute atomic E-state index is 0.0745. The fourth-order valence-corrected chi connectivity index (χ4v) is 3.28. The van der Waals surface area contributed by atoms with Gasteiger partial charge < -0.3 is 15.2 Å². The van der Waals surface area contributed by atoms with Crippen LogP contribution in [0.3, 0.4) is 0 Å². The quantitative estimate of drug-likeness (QED) is 0.474. The van der Waals surface area contributed by atoms with E-state index in [2.05, 4.69) is 44.6 Å². The molecule has 152 valence electrons. The van der Waals surface area contributed by atoms with Gasteiger partial charge in [-0.2, -0.15) is 0 Å². The Labute approximate surface area is 175 Å². The Morgan fingerprint density at radius 2 is 1.73 bits per heavy atom. The van der Waals surface area contributed by atoms with Crippen LogP contribution in [0.1, 0.15) is 24.0 Å². The number of fused-ring (bicyclic) bond motifs is 1. The van der Waals surface area contributed by atoms with Crippen LogP contribution in [0, 0.1) is 0 Å². The summed E-state index contributed by atoms with van der Waals surface area (Å²) in [6.45, 7) is 3.47. The summed E-state index contributed by atoms with van der Waals surface area (Å²) in [7, 11) is 0. The highest BCUT2D eigenvalue weighted by Crippen LogP contribution is 2.18. The number of rotatable bonds is 8. The molecule has 0 fully saturated rings. The summed E-state index contributed by atoms with van der Waals surface area (Å²) in [6.07, 6.45) is 3.12. The first-order chi connectivity index (χ1) is 14.7. The smallest absolute Gasteiger partial charge is 0.240 e. The zero-order valence-corrected chi connectivity index (χ0v) is 16.8. The van der Waals surface area contributed by atoms with Gasteiger partial charge in [-0.1, -0.05) is 67.6 Å². The number of anilines is 1. The van der Waals surface area contributed by atoms with Gasteiger partial charge in [0.2, 0.25) is 5.91 Å². The van der Waals surface area contributed by atoms with Gasteiger partial charge in [0, 0.05) is 13.1 Å². The number of imidazole rings is 1. The lowest BCUT2D eigenvalue weighted by molar-refractivity contribution is -0.121. The minimum Gasteiger partial charge on any atom is -0.364 e.